The zero-order valence-electron chi connectivity index (χ0n) is 12.8. The fraction of sp³-hybridized carbons (Fsp3) is 0.105. The molecule has 0 aliphatic rings. The van der Waals surface area contributed by atoms with E-state index in [1.54, 1.807) is 12.1 Å². The Bertz CT molecular complexity index is 975. The number of nitrogens with one attached hydrogen (secondary N) is 1. The lowest BCUT2D eigenvalue weighted by Gasteiger charge is -2.06. The number of hydrogen-bond acceptors (Lipinski definition) is 4. The second-order valence-electron chi connectivity index (χ2n) is 4.99. The van der Waals surface area contributed by atoms with E-state index in [2.05, 4.69) is 27.1 Å². The second kappa shape index (κ2) is 7.21. The Kier molecular flexibility index (Phi) is 4.65. The molecule has 1 N–H and O–H groups in total. The van der Waals surface area contributed by atoms with Crippen molar-refractivity contribution in [3.05, 3.63) is 65.7 Å². The highest BCUT2D eigenvalue weighted by atomic mass is 19.1. The Hall–Kier alpha value is -3.44. The average molecular weight is 316 g/mol. The van der Waals surface area contributed by atoms with Crippen LogP contribution in [0.2, 0.25) is 0 Å². The topological polar surface area (TPSA) is 61.6 Å². The first-order valence-electron chi connectivity index (χ1n) is 7.40. The number of halogens is 1. The SMILES string of the molecule is N#Cc1c(F)cccc1C#CCCNc1ncnc2ccccc12. The van der Waals surface area contributed by atoms with Crippen molar-refractivity contribution < 1.29 is 4.39 Å². The number of para-hydroxylation sites is 1. The number of rotatable bonds is 3. The van der Waals surface area contributed by atoms with Crippen LogP contribution in [0.25, 0.3) is 10.9 Å². The van der Waals surface area contributed by atoms with Crippen LogP contribution in [0, 0.1) is 29.0 Å². The molecule has 0 saturated carbocycles. The number of aromatic nitrogens is 2. The van der Waals surface area contributed by atoms with Gasteiger partial charge in [-0.2, -0.15) is 5.26 Å². The molecule has 0 spiro atoms. The molecular formula is C19H13FN4. The summed E-state index contributed by atoms with van der Waals surface area (Å²) < 4.78 is 13.5. The van der Waals surface area contributed by atoms with E-state index in [1.165, 1.54) is 12.4 Å². The van der Waals surface area contributed by atoms with Gasteiger partial charge in [0.2, 0.25) is 0 Å². The standard InChI is InChI=1S/C19H13FN4/c20-17-9-5-7-14(16(17)12-21)6-3-4-11-22-19-15-8-1-2-10-18(15)23-13-24-19/h1-2,5,7-10,13H,4,11H2,(H,22,23,24). The molecule has 0 bridgehead atoms. The van der Waals surface area contributed by atoms with Gasteiger partial charge in [0.15, 0.2) is 0 Å². The lowest BCUT2D eigenvalue weighted by molar-refractivity contribution is 0.623. The number of nitriles is 1. The number of fused-ring (bicyclic) bond motifs is 1. The molecular weight excluding hydrogens is 303 g/mol. The van der Waals surface area contributed by atoms with Crippen molar-refractivity contribution >= 4 is 16.7 Å². The summed E-state index contributed by atoms with van der Waals surface area (Å²) in [4.78, 5) is 8.45. The minimum absolute atomic E-state index is 0.0141. The summed E-state index contributed by atoms with van der Waals surface area (Å²) in [6, 6.07) is 14.0. The van der Waals surface area contributed by atoms with Crippen LogP contribution in [-0.4, -0.2) is 16.5 Å². The predicted molar refractivity (Wildman–Crippen MR) is 90.6 cm³/mol. The molecule has 0 amide bonds. The molecule has 0 radical (unpaired) electrons. The van der Waals surface area contributed by atoms with Gasteiger partial charge in [-0.3, -0.25) is 0 Å². The maximum atomic E-state index is 13.5. The molecule has 0 unspecified atom stereocenters. The van der Waals surface area contributed by atoms with Gasteiger partial charge in [0.25, 0.3) is 0 Å². The van der Waals surface area contributed by atoms with Gasteiger partial charge < -0.3 is 5.32 Å². The predicted octanol–water partition coefficient (Wildman–Crippen LogP) is 3.49. The highest BCUT2D eigenvalue weighted by Crippen LogP contribution is 2.18. The van der Waals surface area contributed by atoms with Crippen molar-refractivity contribution in [2.24, 2.45) is 0 Å². The zero-order valence-corrected chi connectivity index (χ0v) is 12.8. The van der Waals surface area contributed by atoms with Crippen LogP contribution in [0.4, 0.5) is 10.2 Å². The highest BCUT2D eigenvalue weighted by Gasteiger charge is 2.04. The van der Waals surface area contributed by atoms with E-state index in [9.17, 15) is 4.39 Å². The first kappa shape index (κ1) is 15.5. The Labute approximate surface area is 139 Å². The van der Waals surface area contributed by atoms with Crippen molar-refractivity contribution in [1.82, 2.24) is 9.97 Å². The third kappa shape index (κ3) is 3.31. The van der Waals surface area contributed by atoms with Crippen LogP contribution in [0.3, 0.4) is 0 Å². The first-order valence-corrected chi connectivity index (χ1v) is 7.40. The summed E-state index contributed by atoms with van der Waals surface area (Å²) in [5.74, 6) is 6.00. The van der Waals surface area contributed by atoms with Gasteiger partial charge in [-0.25, -0.2) is 14.4 Å². The number of hydrogen-bond donors (Lipinski definition) is 1. The monoisotopic (exact) mass is 316 g/mol. The molecule has 0 atom stereocenters. The van der Waals surface area contributed by atoms with Crippen LogP contribution >= 0.6 is 0 Å². The lowest BCUT2D eigenvalue weighted by atomic mass is 10.1. The number of anilines is 1. The van der Waals surface area contributed by atoms with E-state index >= 15 is 0 Å². The van der Waals surface area contributed by atoms with Crippen molar-refractivity contribution in [3.63, 3.8) is 0 Å². The summed E-state index contributed by atoms with van der Waals surface area (Å²) in [6.45, 7) is 0.589. The van der Waals surface area contributed by atoms with Gasteiger partial charge in [-0.15, -0.1) is 0 Å². The van der Waals surface area contributed by atoms with Crippen LogP contribution in [0.1, 0.15) is 17.5 Å². The normalized spacial score (nSPS) is 9.83. The van der Waals surface area contributed by atoms with Crippen LogP contribution < -0.4 is 5.32 Å². The molecule has 116 valence electrons. The third-order valence-corrected chi connectivity index (χ3v) is 3.43. The smallest absolute Gasteiger partial charge is 0.142 e. The Morgan fingerprint density at radius 1 is 1.08 bits per heavy atom. The lowest BCUT2D eigenvalue weighted by Crippen LogP contribution is -2.03. The van der Waals surface area contributed by atoms with E-state index in [0.717, 1.165) is 16.7 Å². The first-order chi connectivity index (χ1) is 11.8. The van der Waals surface area contributed by atoms with Crippen molar-refractivity contribution in [2.75, 3.05) is 11.9 Å². The molecule has 1 aromatic heterocycles. The molecule has 0 aliphatic heterocycles. The molecule has 24 heavy (non-hydrogen) atoms. The molecule has 2 aromatic carbocycles. The fourth-order valence-corrected chi connectivity index (χ4v) is 2.29. The number of benzene rings is 2. The molecule has 5 heteroatoms. The average Bonchev–Trinajstić information content (AvgIpc) is 2.61. The van der Waals surface area contributed by atoms with Gasteiger partial charge in [-0.1, -0.05) is 30.0 Å². The minimum atomic E-state index is -0.546. The fourth-order valence-electron chi connectivity index (χ4n) is 2.29. The van der Waals surface area contributed by atoms with E-state index < -0.39 is 5.82 Å². The van der Waals surface area contributed by atoms with Crippen molar-refractivity contribution in [1.29, 1.82) is 5.26 Å². The highest BCUT2D eigenvalue weighted by molar-refractivity contribution is 5.88. The third-order valence-electron chi connectivity index (χ3n) is 3.43. The summed E-state index contributed by atoms with van der Waals surface area (Å²) in [5, 5.41) is 13.1. The maximum Gasteiger partial charge on any atom is 0.142 e. The molecule has 1 heterocycles. The molecule has 0 fully saturated rings. The van der Waals surface area contributed by atoms with Gasteiger partial charge in [0.05, 0.1) is 5.52 Å². The van der Waals surface area contributed by atoms with Crippen LogP contribution in [0.5, 0.6) is 0 Å². The van der Waals surface area contributed by atoms with E-state index in [-0.39, 0.29) is 5.56 Å². The Morgan fingerprint density at radius 3 is 2.83 bits per heavy atom. The van der Waals surface area contributed by atoms with Gasteiger partial charge in [-0.05, 0) is 24.3 Å². The van der Waals surface area contributed by atoms with Crippen molar-refractivity contribution in [2.45, 2.75) is 6.42 Å². The molecule has 0 aliphatic carbocycles. The van der Waals surface area contributed by atoms with Gasteiger partial charge in [0, 0.05) is 23.9 Å². The molecule has 3 aromatic rings. The van der Waals surface area contributed by atoms with Crippen LogP contribution in [-0.2, 0) is 0 Å². The van der Waals surface area contributed by atoms with E-state index in [1.807, 2.05) is 30.3 Å². The summed E-state index contributed by atoms with van der Waals surface area (Å²) in [6.07, 6.45) is 2.06. The van der Waals surface area contributed by atoms with Crippen molar-refractivity contribution in [3.8, 4) is 17.9 Å². The maximum absolute atomic E-state index is 13.5. The van der Waals surface area contributed by atoms with Gasteiger partial charge >= 0.3 is 0 Å². The summed E-state index contributed by atoms with van der Waals surface area (Å²) >= 11 is 0. The zero-order chi connectivity index (χ0) is 16.8. The van der Waals surface area contributed by atoms with E-state index in [0.29, 0.717) is 18.5 Å². The van der Waals surface area contributed by atoms with Gasteiger partial charge in [0.1, 0.15) is 29.6 Å². The molecule has 0 saturated heterocycles. The van der Waals surface area contributed by atoms with E-state index in [4.69, 9.17) is 5.26 Å². The largest absolute Gasteiger partial charge is 0.368 e. The van der Waals surface area contributed by atoms with Crippen LogP contribution in [0.15, 0.2) is 48.8 Å². The second-order valence-corrected chi connectivity index (χ2v) is 4.99. The molecule has 4 nitrogen and oxygen atoms in total. The summed E-state index contributed by atoms with van der Waals surface area (Å²) in [5.41, 5.74) is 1.27. The summed E-state index contributed by atoms with van der Waals surface area (Å²) in [7, 11) is 0. The minimum Gasteiger partial charge on any atom is -0.368 e. The number of nitrogens with zero attached hydrogens (tertiary/aromatic N) is 3. The Morgan fingerprint density at radius 2 is 1.96 bits per heavy atom. The molecule has 3 rings (SSSR count). The quantitative estimate of drug-likeness (QED) is 0.593. The Balaban J connectivity index is 1.66.